The van der Waals surface area contributed by atoms with Gasteiger partial charge in [-0.1, -0.05) is 0 Å². The molecule has 0 bridgehead atoms. The molecule has 1 aromatic rings. The van der Waals surface area contributed by atoms with E-state index in [1.54, 1.807) is 24.3 Å². The fourth-order valence-corrected chi connectivity index (χ4v) is 1.26. The summed E-state index contributed by atoms with van der Waals surface area (Å²) in [5, 5.41) is 3.58. The molecule has 0 saturated heterocycles. The maximum atomic E-state index is 10.7. The largest absolute Gasteiger partial charge is 0.494 e. The topological polar surface area (TPSA) is 67.8 Å². The second-order valence-electron chi connectivity index (χ2n) is 3.12. The molecule has 1 N–H and O–H groups in total. The number of hydrazone groups is 1. The van der Waals surface area contributed by atoms with Crippen molar-refractivity contribution in [2.24, 2.45) is 5.10 Å². The van der Waals surface area contributed by atoms with Gasteiger partial charge >= 0.3 is 0 Å². The maximum absolute atomic E-state index is 10.7. The van der Waals surface area contributed by atoms with Gasteiger partial charge in [-0.3, -0.25) is 0 Å². The molecule has 88 valence electrons. The zero-order valence-corrected chi connectivity index (χ0v) is 9.99. The molecule has 5 nitrogen and oxygen atoms in total. The van der Waals surface area contributed by atoms with E-state index in [4.69, 9.17) is 4.74 Å². The van der Waals surface area contributed by atoms with Gasteiger partial charge < -0.3 is 4.74 Å². The van der Waals surface area contributed by atoms with Crippen LogP contribution >= 0.6 is 0 Å². The molecule has 1 aromatic carbocycles. The zero-order chi connectivity index (χ0) is 12.0. The average molecular weight is 242 g/mol. The van der Waals surface area contributed by atoms with E-state index in [-0.39, 0.29) is 0 Å². The van der Waals surface area contributed by atoms with E-state index in [1.807, 2.05) is 11.8 Å². The molecule has 0 atom stereocenters. The molecule has 0 spiro atoms. The van der Waals surface area contributed by atoms with Crippen LogP contribution in [-0.2, 0) is 10.0 Å². The van der Waals surface area contributed by atoms with E-state index in [9.17, 15) is 8.42 Å². The van der Waals surface area contributed by atoms with Gasteiger partial charge in [0.15, 0.2) is 0 Å². The first-order valence-corrected chi connectivity index (χ1v) is 6.63. The second kappa shape index (κ2) is 5.50. The number of hydrogen-bond acceptors (Lipinski definition) is 4. The van der Waals surface area contributed by atoms with Crippen LogP contribution < -0.4 is 9.57 Å². The third kappa shape index (κ3) is 4.79. The van der Waals surface area contributed by atoms with Gasteiger partial charge in [0.25, 0.3) is 0 Å². The summed E-state index contributed by atoms with van der Waals surface area (Å²) in [5.41, 5.74) is 0.791. The number of nitrogens with one attached hydrogen (secondary N) is 1. The number of nitrogens with zero attached hydrogens (tertiary/aromatic N) is 1. The minimum absolute atomic E-state index is 0.614. The van der Waals surface area contributed by atoms with Gasteiger partial charge in [0.05, 0.1) is 19.1 Å². The van der Waals surface area contributed by atoms with E-state index >= 15 is 0 Å². The van der Waals surface area contributed by atoms with Crippen molar-refractivity contribution in [2.45, 2.75) is 6.92 Å². The number of benzene rings is 1. The van der Waals surface area contributed by atoms with Crippen molar-refractivity contribution in [3.05, 3.63) is 29.8 Å². The summed E-state index contributed by atoms with van der Waals surface area (Å²) in [6.07, 6.45) is 2.47. The van der Waals surface area contributed by atoms with Crippen LogP contribution in [0.15, 0.2) is 29.4 Å². The Labute approximate surface area is 95.2 Å². The third-order valence-corrected chi connectivity index (χ3v) is 2.06. The lowest BCUT2D eigenvalue weighted by Gasteiger charge is -2.02. The molecule has 0 aliphatic rings. The summed E-state index contributed by atoms with van der Waals surface area (Å²) in [6, 6.07) is 7.17. The summed E-state index contributed by atoms with van der Waals surface area (Å²) in [6.45, 7) is 2.52. The molecule has 6 heteroatoms. The molecule has 0 aliphatic heterocycles. The Morgan fingerprint density at radius 3 is 2.50 bits per heavy atom. The van der Waals surface area contributed by atoms with Crippen LogP contribution in [0.1, 0.15) is 12.5 Å². The highest BCUT2D eigenvalue weighted by molar-refractivity contribution is 7.88. The number of ether oxygens (including phenoxy) is 1. The molecule has 0 fully saturated rings. The normalized spacial score (nSPS) is 11.6. The van der Waals surface area contributed by atoms with E-state index in [0.717, 1.165) is 17.6 Å². The molecule has 0 heterocycles. The summed E-state index contributed by atoms with van der Waals surface area (Å²) >= 11 is 0. The standard InChI is InChI=1S/C10H14N2O3S/c1-3-15-10-6-4-9(5-7-10)8-11-12-16(2,13)14/h4-8,12H,3H2,1-2H3/b11-8-. The monoisotopic (exact) mass is 242 g/mol. The fraction of sp³-hybridized carbons (Fsp3) is 0.300. The molecule has 0 aliphatic carbocycles. The fourth-order valence-electron chi connectivity index (χ4n) is 1.01. The molecule has 0 unspecified atom stereocenters. The van der Waals surface area contributed by atoms with Crippen LogP contribution in [0.5, 0.6) is 5.75 Å². The van der Waals surface area contributed by atoms with Crippen molar-refractivity contribution in [1.29, 1.82) is 0 Å². The molecule has 0 radical (unpaired) electrons. The third-order valence-electron chi connectivity index (χ3n) is 1.62. The van der Waals surface area contributed by atoms with Crippen LogP contribution in [0, 0.1) is 0 Å². The van der Waals surface area contributed by atoms with Gasteiger partial charge in [0.2, 0.25) is 10.0 Å². The van der Waals surface area contributed by atoms with Gasteiger partial charge in [0, 0.05) is 0 Å². The van der Waals surface area contributed by atoms with Gasteiger partial charge in [0.1, 0.15) is 5.75 Å². The Morgan fingerprint density at radius 2 is 2.00 bits per heavy atom. The number of sulfonamides is 1. The highest BCUT2D eigenvalue weighted by Crippen LogP contribution is 2.10. The van der Waals surface area contributed by atoms with E-state index < -0.39 is 10.0 Å². The second-order valence-corrected chi connectivity index (χ2v) is 4.85. The Kier molecular flexibility index (Phi) is 4.30. The first kappa shape index (κ1) is 12.5. The van der Waals surface area contributed by atoms with E-state index in [1.165, 1.54) is 6.21 Å². The maximum Gasteiger partial charge on any atom is 0.244 e. The predicted octanol–water partition coefficient (Wildman–Crippen LogP) is 0.968. The van der Waals surface area contributed by atoms with Crippen LogP contribution in [0.3, 0.4) is 0 Å². The van der Waals surface area contributed by atoms with Crippen molar-refractivity contribution in [3.63, 3.8) is 0 Å². The van der Waals surface area contributed by atoms with Crippen LogP contribution in [0.2, 0.25) is 0 Å². The van der Waals surface area contributed by atoms with Crippen molar-refractivity contribution in [3.8, 4) is 5.75 Å². The molecular formula is C10H14N2O3S. The molecule has 0 saturated carbocycles. The van der Waals surface area contributed by atoms with Crippen molar-refractivity contribution >= 4 is 16.2 Å². The molecule has 16 heavy (non-hydrogen) atoms. The van der Waals surface area contributed by atoms with Gasteiger partial charge in [-0.05, 0) is 36.8 Å². The lowest BCUT2D eigenvalue weighted by molar-refractivity contribution is 0.340. The Bertz CT molecular complexity index is 451. The lowest BCUT2D eigenvalue weighted by atomic mass is 10.2. The highest BCUT2D eigenvalue weighted by atomic mass is 32.2. The minimum atomic E-state index is -3.28. The van der Waals surface area contributed by atoms with Crippen LogP contribution in [0.4, 0.5) is 0 Å². The quantitative estimate of drug-likeness (QED) is 0.618. The Balaban J connectivity index is 2.61. The van der Waals surface area contributed by atoms with Crippen molar-refractivity contribution < 1.29 is 13.2 Å². The zero-order valence-electron chi connectivity index (χ0n) is 9.17. The average Bonchev–Trinajstić information content (AvgIpc) is 2.19. The highest BCUT2D eigenvalue weighted by Gasteiger charge is 1.95. The smallest absolute Gasteiger partial charge is 0.244 e. The minimum Gasteiger partial charge on any atom is -0.494 e. The SMILES string of the molecule is CCOc1ccc(/C=N\NS(C)(=O)=O)cc1. The first-order chi connectivity index (χ1) is 7.51. The number of hydrogen-bond donors (Lipinski definition) is 1. The molecule has 1 rings (SSSR count). The molecular weight excluding hydrogens is 228 g/mol. The lowest BCUT2D eigenvalue weighted by Crippen LogP contribution is -2.15. The first-order valence-electron chi connectivity index (χ1n) is 4.74. The molecule has 0 aromatic heterocycles. The summed E-state index contributed by atoms with van der Waals surface area (Å²) in [4.78, 5) is 2.02. The van der Waals surface area contributed by atoms with Gasteiger partial charge in [-0.25, -0.2) is 13.2 Å². The Hall–Kier alpha value is -1.56. The van der Waals surface area contributed by atoms with Gasteiger partial charge in [-0.15, -0.1) is 0 Å². The Morgan fingerprint density at radius 1 is 1.38 bits per heavy atom. The summed E-state index contributed by atoms with van der Waals surface area (Å²) in [5.74, 6) is 0.774. The summed E-state index contributed by atoms with van der Waals surface area (Å²) < 4.78 is 26.7. The molecule has 0 amide bonds. The predicted molar refractivity (Wildman–Crippen MR) is 63.2 cm³/mol. The van der Waals surface area contributed by atoms with Gasteiger partial charge in [-0.2, -0.15) is 5.10 Å². The van der Waals surface area contributed by atoms with E-state index in [2.05, 4.69) is 5.10 Å². The van der Waals surface area contributed by atoms with E-state index in [0.29, 0.717) is 6.61 Å². The number of rotatable bonds is 5. The summed E-state index contributed by atoms with van der Waals surface area (Å²) in [7, 11) is -3.28. The van der Waals surface area contributed by atoms with Crippen LogP contribution in [0.25, 0.3) is 0 Å². The van der Waals surface area contributed by atoms with Crippen LogP contribution in [-0.4, -0.2) is 27.5 Å². The van der Waals surface area contributed by atoms with Crippen molar-refractivity contribution in [2.75, 3.05) is 12.9 Å². The van der Waals surface area contributed by atoms with Crippen molar-refractivity contribution in [1.82, 2.24) is 4.83 Å².